The van der Waals surface area contributed by atoms with Gasteiger partial charge < -0.3 is 0 Å². The molecule has 2 aromatic carbocycles. The van der Waals surface area contributed by atoms with Crippen molar-refractivity contribution in [1.29, 1.82) is 0 Å². The van der Waals surface area contributed by atoms with Gasteiger partial charge in [0, 0.05) is 11.1 Å². The van der Waals surface area contributed by atoms with Crippen LogP contribution in [0.3, 0.4) is 0 Å². The molecule has 2 aromatic rings. The summed E-state index contributed by atoms with van der Waals surface area (Å²) in [4.78, 5) is 11.8. The van der Waals surface area contributed by atoms with Crippen LogP contribution in [0.2, 0.25) is 5.02 Å². The first kappa shape index (κ1) is 13.3. The summed E-state index contributed by atoms with van der Waals surface area (Å²) < 4.78 is 0. The van der Waals surface area contributed by atoms with Crippen LogP contribution < -0.4 is 5.06 Å². The molecule has 0 aliphatic heterocycles. The highest BCUT2D eigenvalue weighted by Gasteiger charge is 2.09. The topological polar surface area (TPSA) is 40.5 Å². The monoisotopic (exact) mass is 273 g/mol. The van der Waals surface area contributed by atoms with E-state index in [-0.39, 0.29) is 0 Å². The number of amides is 1. The third kappa shape index (κ3) is 3.68. The van der Waals surface area contributed by atoms with Gasteiger partial charge in [0.2, 0.25) is 0 Å². The van der Waals surface area contributed by atoms with E-state index >= 15 is 0 Å². The Balaban J connectivity index is 2.07. The number of halogens is 1. The third-order valence-electron chi connectivity index (χ3n) is 2.50. The molecule has 0 bridgehead atoms. The van der Waals surface area contributed by atoms with Gasteiger partial charge in [-0.05, 0) is 35.9 Å². The van der Waals surface area contributed by atoms with E-state index in [4.69, 9.17) is 11.6 Å². The maximum atomic E-state index is 11.8. The van der Waals surface area contributed by atoms with Crippen LogP contribution in [0.4, 0.5) is 5.69 Å². The standard InChI is InChI=1S/C15H12ClNO2/c16-13-7-9-14(10-8-13)17(19)15(18)11-6-12-4-2-1-3-5-12/h1-11,19H/b11-6+. The molecule has 0 spiro atoms. The van der Waals surface area contributed by atoms with E-state index in [9.17, 15) is 10.0 Å². The zero-order valence-corrected chi connectivity index (χ0v) is 10.8. The van der Waals surface area contributed by atoms with Gasteiger partial charge in [0.25, 0.3) is 5.91 Å². The van der Waals surface area contributed by atoms with Crippen molar-refractivity contribution >= 4 is 29.3 Å². The Labute approximate surface area is 116 Å². The Morgan fingerprint density at radius 2 is 1.68 bits per heavy atom. The van der Waals surface area contributed by atoms with Gasteiger partial charge in [-0.15, -0.1) is 0 Å². The first-order chi connectivity index (χ1) is 9.16. The summed E-state index contributed by atoms with van der Waals surface area (Å²) in [5.41, 5.74) is 1.26. The quantitative estimate of drug-likeness (QED) is 0.525. The predicted molar refractivity (Wildman–Crippen MR) is 76.2 cm³/mol. The molecule has 0 atom stereocenters. The highest BCUT2D eigenvalue weighted by Crippen LogP contribution is 2.17. The average molecular weight is 274 g/mol. The maximum Gasteiger partial charge on any atom is 0.274 e. The minimum absolute atomic E-state index is 0.368. The number of nitrogens with zero attached hydrogens (tertiary/aromatic N) is 1. The molecule has 0 saturated carbocycles. The molecule has 2 rings (SSSR count). The third-order valence-corrected chi connectivity index (χ3v) is 2.75. The molecule has 1 amide bonds. The van der Waals surface area contributed by atoms with E-state index < -0.39 is 5.91 Å². The summed E-state index contributed by atoms with van der Waals surface area (Å²) >= 11 is 5.74. The average Bonchev–Trinajstić information content (AvgIpc) is 2.46. The second-order valence-corrected chi connectivity index (χ2v) is 4.31. The van der Waals surface area contributed by atoms with E-state index in [0.29, 0.717) is 15.8 Å². The SMILES string of the molecule is O=C(/C=C/c1ccccc1)N(O)c1ccc(Cl)cc1. The van der Waals surface area contributed by atoms with Crippen LogP contribution in [0, 0.1) is 0 Å². The number of carbonyl (C=O) groups is 1. The van der Waals surface area contributed by atoms with Crippen molar-refractivity contribution in [2.45, 2.75) is 0 Å². The van der Waals surface area contributed by atoms with Crippen LogP contribution in [0.25, 0.3) is 6.08 Å². The number of hydroxylamine groups is 1. The van der Waals surface area contributed by atoms with Gasteiger partial charge in [-0.1, -0.05) is 41.9 Å². The van der Waals surface area contributed by atoms with E-state index in [1.807, 2.05) is 30.3 Å². The number of hydrogen-bond donors (Lipinski definition) is 1. The highest BCUT2D eigenvalue weighted by molar-refractivity contribution is 6.30. The van der Waals surface area contributed by atoms with Gasteiger partial charge in [-0.3, -0.25) is 10.0 Å². The van der Waals surface area contributed by atoms with E-state index in [0.717, 1.165) is 5.56 Å². The summed E-state index contributed by atoms with van der Waals surface area (Å²) in [5, 5.41) is 10.9. The summed E-state index contributed by atoms with van der Waals surface area (Å²) in [7, 11) is 0. The molecule has 4 heteroatoms. The summed E-state index contributed by atoms with van der Waals surface area (Å²) in [6.07, 6.45) is 2.95. The number of carbonyl (C=O) groups excluding carboxylic acids is 1. The molecule has 19 heavy (non-hydrogen) atoms. The molecule has 0 fully saturated rings. The van der Waals surface area contributed by atoms with Crippen molar-refractivity contribution in [3.05, 3.63) is 71.3 Å². The molecule has 0 unspecified atom stereocenters. The van der Waals surface area contributed by atoms with Crippen molar-refractivity contribution in [2.75, 3.05) is 5.06 Å². The highest BCUT2D eigenvalue weighted by atomic mass is 35.5. The Morgan fingerprint density at radius 1 is 1.05 bits per heavy atom. The normalized spacial score (nSPS) is 10.6. The Bertz CT molecular complexity index is 579. The molecular formula is C15H12ClNO2. The van der Waals surface area contributed by atoms with Gasteiger partial charge in [0.1, 0.15) is 0 Å². The Kier molecular flexibility index (Phi) is 4.34. The zero-order chi connectivity index (χ0) is 13.7. The smallest absolute Gasteiger partial charge is 0.274 e. The van der Waals surface area contributed by atoms with Crippen LogP contribution in [0.1, 0.15) is 5.56 Å². The summed E-state index contributed by atoms with van der Waals surface area (Å²) in [6.45, 7) is 0. The number of hydrogen-bond acceptors (Lipinski definition) is 2. The molecule has 96 valence electrons. The number of benzene rings is 2. The minimum Gasteiger partial charge on any atom is -0.281 e. The fraction of sp³-hybridized carbons (Fsp3) is 0. The fourth-order valence-electron chi connectivity index (χ4n) is 1.51. The first-order valence-corrected chi connectivity index (χ1v) is 6.06. The molecule has 0 aliphatic carbocycles. The van der Waals surface area contributed by atoms with Gasteiger partial charge in [-0.25, -0.2) is 0 Å². The van der Waals surface area contributed by atoms with Crippen molar-refractivity contribution < 1.29 is 10.0 Å². The van der Waals surface area contributed by atoms with Crippen LogP contribution in [0.15, 0.2) is 60.7 Å². The van der Waals surface area contributed by atoms with Gasteiger partial charge >= 0.3 is 0 Å². The minimum atomic E-state index is -0.522. The molecule has 0 heterocycles. The van der Waals surface area contributed by atoms with Gasteiger partial charge in [0.15, 0.2) is 0 Å². The van der Waals surface area contributed by atoms with Crippen molar-refractivity contribution in [1.82, 2.24) is 0 Å². The lowest BCUT2D eigenvalue weighted by atomic mass is 10.2. The van der Waals surface area contributed by atoms with Crippen LogP contribution in [-0.4, -0.2) is 11.1 Å². The molecule has 1 N–H and O–H groups in total. The largest absolute Gasteiger partial charge is 0.281 e. The van der Waals surface area contributed by atoms with E-state index in [1.54, 1.807) is 30.3 Å². The first-order valence-electron chi connectivity index (χ1n) is 5.68. The number of anilines is 1. The van der Waals surface area contributed by atoms with Crippen LogP contribution in [-0.2, 0) is 4.79 Å². The molecule has 0 aromatic heterocycles. The molecule has 3 nitrogen and oxygen atoms in total. The van der Waals surface area contributed by atoms with Crippen molar-refractivity contribution in [3.8, 4) is 0 Å². The fourth-order valence-corrected chi connectivity index (χ4v) is 1.64. The van der Waals surface area contributed by atoms with E-state index in [2.05, 4.69) is 0 Å². The lowest BCUT2D eigenvalue weighted by Crippen LogP contribution is -2.24. The summed E-state index contributed by atoms with van der Waals surface area (Å²) in [5.74, 6) is -0.522. The molecule has 0 radical (unpaired) electrons. The van der Waals surface area contributed by atoms with Crippen LogP contribution in [0.5, 0.6) is 0 Å². The Morgan fingerprint density at radius 3 is 2.32 bits per heavy atom. The van der Waals surface area contributed by atoms with E-state index in [1.165, 1.54) is 6.08 Å². The number of rotatable bonds is 3. The Hall–Kier alpha value is -2.10. The van der Waals surface area contributed by atoms with Crippen LogP contribution >= 0.6 is 11.6 Å². The maximum absolute atomic E-state index is 11.8. The lowest BCUT2D eigenvalue weighted by Gasteiger charge is -2.12. The van der Waals surface area contributed by atoms with Crippen molar-refractivity contribution in [2.24, 2.45) is 0 Å². The molecule has 0 aliphatic rings. The second kappa shape index (κ2) is 6.18. The summed E-state index contributed by atoms with van der Waals surface area (Å²) in [6, 6.07) is 15.7. The van der Waals surface area contributed by atoms with Gasteiger partial charge in [0.05, 0.1) is 5.69 Å². The predicted octanol–water partition coefficient (Wildman–Crippen LogP) is 3.78. The lowest BCUT2D eigenvalue weighted by molar-refractivity contribution is -0.118. The van der Waals surface area contributed by atoms with Crippen molar-refractivity contribution in [3.63, 3.8) is 0 Å². The molecule has 0 saturated heterocycles. The zero-order valence-electron chi connectivity index (χ0n) is 10.0. The van der Waals surface area contributed by atoms with Gasteiger partial charge in [-0.2, -0.15) is 5.06 Å². The molecular weight excluding hydrogens is 262 g/mol. The second-order valence-electron chi connectivity index (χ2n) is 3.87.